The molecule has 2 amide bonds. The van der Waals surface area contributed by atoms with Gasteiger partial charge in [0.15, 0.2) is 0 Å². The van der Waals surface area contributed by atoms with Crippen molar-refractivity contribution < 1.29 is 18.7 Å². The zero-order valence-corrected chi connectivity index (χ0v) is 19.8. The number of hydrogen-bond donors (Lipinski definition) is 1. The molecule has 3 aromatic carbocycles. The smallest absolute Gasteiger partial charge is 0.251 e. The summed E-state index contributed by atoms with van der Waals surface area (Å²) < 4.78 is 20.1. The fourth-order valence-corrected chi connectivity index (χ4v) is 4.16. The number of nitrogens with one attached hydrogen (secondary N) is 1. The maximum Gasteiger partial charge on any atom is 0.251 e. The molecule has 7 nitrogen and oxygen atoms in total. The number of carbonyl (C=O) groups is 2. The highest BCUT2D eigenvalue weighted by molar-refractivity contribution is 5.95. The Morgan fingerprint density at radius 2 is 1.69 bits per heavy atom. The number of halogens is 1. The summed E-state index contributed by atoms with van der Waals surface area (Å²) in [6, 6.07) is 22.8. The molecule has 2 heterocycles. The molecule has 8 heteroatoms. The molecule has 182 valence electrons. The number of aromatic nitrogens is 2. The van der Waals surface area contributed by atoms with Crippen molar-refractivity contribution in [1.82, 2.24) is 15.1 Å². The van der Waals surface area contributed by atoms with Gasteiger partial charge in [0.2, 0.25) is 5.91 Å². The Balaban J connectivity index is 1.27. The zero-order valence-electron chi connectivity index (χ0n) is 19.8. The topological polar surface area (TPSA) is 76.5 Å². The van der Waals surface area contributed by atoms with Gasteiger partial charge in [0.05, 0.1) is 25.9 Å². The second kappa shape index (κ2) is 10.0. The van der Waals surface area contributed by atoms with Crippen LogP contribution < -0.4 is 15.0 Å². The van der Waals surface area contributed by atoms with Crippen LogP contribution in [0.25, 0.3) is 11.3 Å². The molecule has 0 saturated heterocycles. The molecule has 1 aliphatic heterocycles. The lowest BCUT2D eigenvalue weighted by Gasteiger charge is -2.27. The van der Waals surface area contributed by atoms with Gasteiger partial charge >= 0.3 is 0 Å². The number of aryl methyl sites for hydroxylation is 1. The van der Waals surface area contributed by atoms with Crippen LogP contribution in [-0.2, 0) is 24.4 Å². The number of rotatable bonds is 7. The van der Waals surface area contributed by atoms with E-state index in [0.717, 1.165) is 34.0 Å². The molecular weight excluding hydrogens is 459 g/mol. The van der Waals surface area contributed by atoms with Crippen LogP contribution in [0.5, 0.6) is 5.75 Å². The average molecular weight is 485 g/mol. The van der Waals surface area contributed by atoms with Crippen molar-refractivity contribution >= 4 is 17.6 Å². The molecule has 0 spiro atoms. The number of fused-ring (bicyclic) bond motifs is 1. The largest absolute Gasteiger partial charge is 0.497 e. The van der Waals surface area contributed by atoms with Gasteiger partial charge in [-0.25, -0.2) is 9.07 Å². The Morgan fingerprint density at radius 1 is 1.00 bits per heavy atom. The van der Waals surface area contributed by atoms with E-state index < -0.39 is 0 Å². The van der Waals surface area contributed by atoms with Gasteiger partial charge in [0.1, 0.15) is 17.4 Å². The Hall–Kier alpha value is -4.46. The van der Waals surface area contributed by atoms with Crippen LogP contribution in [0.3, 0.4) is 0 Å². The number of anilines is 1. The van der Waals surface area contributed by atoms with Crippen molar-refractivity contribution in [3.05, 3.63) is 101 Å². The minimum absolute atomic E-state index is 0.0322. The Labute approximate surface area is 208 Å². The fourth-order valence-electron chi connectivity index (χ4n) is 4.16. The third-order valence-electron chi connectivity index (χ3n) is 6.18. The van der Waals surface area contributed by atoms with Crippen LogP contribution in [0.15, 0.2) is 78.9 Å². The predicted molar refractivity (Wildman–Crippen MR) is 134 cm³/mol. The third kappa shape index (κ3) is 4.98. The molecular formula is C28H25FN4O3. The lowest BCUT2D eigenvalue weighted by molar-refractivity contribution is -0.119. The lowest BCUT2D eigenvalue weighted by atomic mass is 10.1. The molecule has 4 aromatic rings. The predicted octanol–water partition coefficient (Wildman–Crippen LogP) is 4.56. The van der Waals surface area contributed by atoms with E-state index in [9.17, 15) is 14.0 Å². The first kappa shape index (κ1) is 23.3. The highest BCUT2D eigenvalue weighted by atomic mass is 19.1. The van der Waals surface area contributed by atoms with Crippen molar-refractivity contribution in [2.24, 2.45) is 0 Å². The van der Waals surface area contributed by atoms with Crippen molar-refractivity contribution in [3.63, 3.8) is 0 Å². The second-order valence-electron chi connectivity index (χ2n) is 8.58. The Bertz CT molecular complexity index is 1380. The highest BCUT2D eigenvalue weighted by Crippen LogP contribution is 2.30. The third-order valence-corrected chi connectivity index (χ3v) is 6.18. The quantitative estimate of drug-likeness (QED) is 0.417. The zero-order chi connectivity index (χ0) is 25.1. The van der Waals surface area contributed by atoms with Crippen molar-refractivity contribution in [3.8, 4) is 17.0 Å². The van der Waals surface area contributed by atoms with Gasteiger partial charge in [-0.2, -0.15) is 5.10 Å². The van der Waals surface area contributed by atoms with Crippen LogP contribution in [0.1, 0.15) is 27.9 Å². The Morgan fingerprint density at radius 3 is 2.39 bits per heavy atom. The lowest BCUT2D eigenvalue weighted by Crippen LogP contribution is -2.36. The van der Waals surface area contributed by atoms with Gasteiger partial charge in [-0.05, 0) is 59.7 Å². The molecule has 1 N–H and O–H groups in total. The van der Waals surface area contributed by atoms with Gasteiger partial charge in [-0.15, -0.1) is 0 Å². The number of amides is 2. The molecule has 1 aromatic heterocycles. The first-order valence-corrected chi connectivity index (χ1v) is 11.6. The SMILES string of the molecule is COc1ccc(-c2cc3n(n2)CCC(=O)N3Cc2ccc(C(=O)NCc3ccc(F)cc3)cc2)cc1. The first-order valence-electron chi connectivity index (χ1n) is 11.6. The average Bonchev–Trinajstić information content (AvgIpc) is 3.35. The van der Waals surface area contributed by atoms with Crippen LogP contribution in [0.2, 0.25) is 0 Å². The van der Waals surface area contributed by atoms with Gasteiger partial charge < -0.3 is 10.1 Å². The van der Waals surface area contributed by atoms with Gasteiger partial charge in [0, 0.05) is 30.2 Å². The summed E-state index contributed by atoms with van der Waals surface area (Å²) in [4.78, 5) is 27.0. The minimum atomic E-state index is -0.312. The fraction of sp³-hybridized carbons (Fsp3) is 0.179. The minimum Gasteiger partial charge on any atom is -0.497 e. The molecule has 0 bridgehead atoms. The maximum absolute atomic E-state index is 13.0. The molecule has 0 atom stereocenters. The van der Waals surface area contributed by atoms with E-state index in [2.05, 4.69) is 5.32 Å². The van der Waals surface area contributed by atoms with Gasteiger partial charge in [0.25, 0.3) is 5.91 Å². The summed E-state index contributed by atoms with van der Waals surface area (Å²) in [6.45, 7) is 1.22. The van der Waals surface area contributed by atoms with E-state index in [1.807, 2.05) is 47.1 Å². The van der Waals surface area contributed by atoms with E-state index in [-0.39, 0.29) is 17.6 Å². The molecule has 0 fully saturated rings. The van der Waals surface area contributed by atoms with E-state index in [1.54, 1.807) is 36.3 Å². The van der Waals surface area contributed by atoms with Crippen LogP contribution in [0.4, 0.5) is 10.2 Å². The second-order valence-corrected chi connectivity index (χ2v) is 8.58. The van der Waals surface area contributed by atoms with Crippen LogP contribution in [0, 0.1) is 5.82 Å². The van der Waals surface area contributed by atoms with Crippen LogP contribution in [-0.4, -0.2) is 28.7 Å². The molecule has 0 radical (unpaired) electrons. The molecule has 0 saturated carbocycles. The number of carbonyl (C=O) groups excluding carboxylic acids is 2. The number of hydrogen-bond acceptors (Lipinski definition) is 4. The number of methoxy groups -OCH3 is 1. The first-order chi connectivity index (χ1) is 17.5. The van der Waals surface area contributed by atoms with E-state index >= 15 is 0 Å². The summed E-state index contributed by atoms with van der Waals surface area (Å²) in [5, 5.41) is 7.53. The highest BCUT2D eigenvalue weighted by Gasteiger charge is 2.26. The molecule has 1 aliphatic rings. The maximum atomic E-state index is 13.0. The number of ether oxygens (including phenoxy) is 1. The molecule has 0 aliphatic carbocycles. The normalized spacial score (nSPS) is 12.8. The number of nitrogens with zero attached hydrogens (tertiary/aromatic N) is 3. The summed E-state index contributed by atoms with van der Waals surface area (Å²) in [5.41, 5.74) is 3.97. The summed E-state index contributed by atoms with van der Waals surface area (Å²) in [6.07, 6.45) is 0.376. The molecule has 5 rings (SSSR count). The molecule has 0 unspecified atom stereocenters. The van der Waals surface area contributed by atoms with E-state index in [4.69, 9.17) is 9.84 Å². The van der Waals surface area contributed by atoms with Crippen LogP contribution >= 0.6 is 0 Å². The standard InChI is InChI=1S/C28H25FN4O3/c1-36-24-12-8-21(9-13-24)25-16-26-32(27(34)14-15-33(26)31-25)18-20-2-6-22(7-3-20)28(35)30-17-19-4-10-23(29)11-5-19/h2-13,16H,14-15,17-18H2,1H3,(H,30,35). The van der Waals surface area contributed by atoms with E-state index in [0.29, 0.717) is 31.6 Å². The Kier molecular flexibility index (Phi) is 6.49. The van der Waals surface area contributed by atoms with Gasteiger partial charge in [-0.1, -0.05) is 24.3 Å². The van der Waals surface area contributed by atoms with Gasteiger partial charge in [-0.3, -0.25) is 14.5 Å². The summed E-state index contributed by atoms with van der Waals surface area (Å²) in [7, 11) is 1.63. The van der Waals surface area contributed by atoms with E-state index in [1.165, 1.54) is 12.1 Å². The summed E-state index contributed by atoms with van der Waals surface area (Å²) >= 11 is 0. The summed E-state index contributed by atoms with van der Waals surface area (Å²) in [5.74, 6) is 1.02. The monoisotopic (exact) mass is 484 g/mol. The number of benzene rings is 3. The van der Waals surface area contributed by atoms with Crippen molar-refractivity contribution in [2.45, 2.75) is 26.1 Å². The van der Waals surface area contributed by atoms with Crippen molar-refractivity contribution in [2.75, 3.05) is 12.0 Å². The van der Waals surface area contributed by atoms with Crippen molar-refractivity contribution in [1.29, 1.82) is 0 Å². The molecule has 36 heavy (non-hydrogen) atoms.